The lowest BCUT2D eigenvalue weighted by Crippen LogP contribution is -2.26. The van der Waals surface area contributed by atoms with Crippen LogP contribution in [0.1, 0.15) is 76.7 Å². The standard InChI is InChI=1S/C26H33N3O4/c1-5-6-13-32-24(30)21-15-19(17-7-8-17)16-27-23(21)28-20-9-10-22-18(14-20)11-12-29(22)25(31)33-26(2,3)4/h9-12,14-17,24,30H,5-8,13H2,1-4H3,(H,27,28). The zero-order valence-corrected chi connectivity index (χ0v) is 19.8. The second-order valence-corrected chi connectivity index (χ2v) is 9.62. The molecule has 0 aliphatic heterocycles. The topological polar surface area (TPSA) is 85.6 Å². The molecular formula is C26H33N3O4. The van der Waals surface area contributed by atoms with Crippen molar-refractivity contribution in [1.82, 2.24) is 9.55 Å². The summed E-state index contributed by atoms with van der Waals surface area (Å²) in [6.07, 6.45) is 6.34. The van der Waals surface area contributed by atoms with Crippen molar-refractivity contribution in [3.63, 3.8) is 0 Å². The minimum atomic E-state index is -1.04. The predicted molar refractivity (Wildman–Crippen MR) is 129 cm³/mol. The van der Waals surface area contributed by atoms with E-state index in [1.165, 1.54) is 4.57 Å². The number of anilines is 2. The van der Waals surface area contributed by atoms with Crippen molar-refractivity contribution in [3.8, 4) is 0 Å². The molecule has 7 nitrogen and oxygen atoms in total. The molecule has 1 aromatic carbocycles. The number of nitrogens with zero attached hydrogens (tertiary/aromatic N) is 2. The van der Waals surface area contributed by atoms with E-state index in [0.29, 0.717) is 23.9 Å². The van der Waals surface area contributed by atoms with Gasteiger partial charge in [0.2, 0.25) is 0 Å². The number of unbranched alkanes of at least 4 members (excludes halogenated alkanes) is 1. The molecule has 176 valence electrons. The minimum Gasteiger partial charge on any atom is -0.443 e. The molecule has 1 atom stereocenters. The van der Waals surface area contributed by atoms with Crippen molar-refractivity contribution in [1.29, 1.82) is 0 Å². The van der Waals surface area contributed by atoms with E-state index in [1.54, 1.807) is 6.20 Å². The molecule has 0 saturated heterocycles. The average molecular weight is 452 g/mol. The molecule has 0 bridgehead atoms. The van der Waals surface area contributed by atoms with Gasteiger partial charge in [0.1, 0.15) is 11.4 Å². The number of aromatic nitrogens is 2. The highest BCUT2D eigenvalue weighted by atomic mass is 16.6. The molecule has 1 fully saturated rings. The third-order valence-corrected chi connectivity index (χ3v) is 5.57. The Labute approximate surface area is 194 Å². The number of fused-ring (bicyclic) bond motifs is 1. The van der Waals surface area contributed by atoms with Crippen molar-refractivity contribution >= 4 is 28.5 Å². The van der Waals surface area contributed by atoms with Crippen LogP contribution in [0.4, 0.5) is 16.3 Å². The maximum atomic E-state index is 12.5. The number of hydrogen-bond donors (Lipinski definition) is 2. The van der Waals surface area contributed by atoms with E-state index in [1.807, 2.05) is 57.3 Å². The summed E-state index contributed by atoms with van der Waals surface area (Å²) >= 11 is 0. The Morgan fingerprint density at radius 2 is 2.06 bits per heavy atom. The van der Waals surface area contributed by atoms with E-state index in [-0.39, 0.29) is 0 Å². The third-order valence-electron chi connectivity index (χ3n) is 5.57. The summed E-state index contributed by atoms with van der Waals surface area (Å²) in [5, 5.41) is 14.9. The predicted octanol–water partition coefficient (Wildman–Crippen LogP) is 6.25. The summed E-state index contributed by atoms with van der Waals surface area (Å²) in [6, 6.07) is 9.57. The van der Waals surface area contributed by atoms with Gasteiger partial charge in [0.25, 0.3) is 0 Å². The molecule has 1 saturated carbocycles. The van der Waals surface area contributed by atoms with Gasteiger partial charge in [-0.2, -0.15) is 0 Å². The van der Waals surface area contributed by atoms with Gasteiger partial charge in [-0.05, 0) is 81.8 Å². The van der Waals surface area contributed by atoms with Crippen molar-refractivity contribution in [2.45, 2.75) is 71.2 Å². The number of aliphatic hydroxyl groups is 1. The summed E-state index contributed by atoms with van der Waals surface area (Å²) in [5.41, 5.74) is 2.78. The molecule has 1 unspecified atom stereocenters. The molecule has 0 amide bonds. The number of nitrogens with one attached hydrogen (secondary N) is 1. The lowest BCUT2D eigenvalue weighted by atomic mass is 10.1. The fraction of sp³-hybridized carbons (Fsp3) is 0.462. The van der Waals surface area contributed by atoms with Gasteiger partial charge < -0.3 is 19.9 Å². The van der Waals surface area contributed by atoms with Crippen LogP contribution in [-0.4, -0.2) is 33.0 Å². The first-order valence-electron chi connectivity index (χ1n) is 11.7. The maximum absolute atomic E-state index is 12.5. The fourth-order valence-corrected chi connectivity index (χ4v) is 3.69. The molecule has 2 N–H and O–H groups in total. The van der Waals surface area contributed by atoms with Gasteiger partial charge in [-0.25, -0.2) is 9.78 Å². The van der Waals surface area contributed by atoms with Crippen LogP contribution in [0.15, 0.2) is 42.7 Å². The molecule has 4 rings (SSSR count). The summed E-state index contributed by atoms with van der Waals surface area (Å²) in [7, 11) is 0. The van der Waals surface area contributed by atoms with E-state index in [0.717, 1.165) is 47.8 Å². The van der Waals surface area contributed by atoms with Crippen LogP contribution in [-0.2, 0) is 9.47 Å². The highest BCUT2D eigenvalue weighted by Gasteiger charge is 2.26. The molecule has 0 spiro atoms. The molecule has 1 aliphatic rings. The van der Waals surface area contributed by atoms with Gasteiger partial charge in [-0.15, -0.1) is 0 Å². The van der Waals surface area contributed by atoms with Crippen LogP contribution in [0.5, 0.6) is 0 Å². The van der Waals surface area contributed by atoms with Crippen molar-refractivity contribution in [3.05, 3.63) is 53.9 Å². The highest BCUT2D eigenvalue weighted by Crippen LogP contribution is 2.41. The summed E-state index contributed by atoms with van der Waals surface area (Å²) < 4.78 is 12.7. The van der Waals surface area contributed by atoms with Crippen LogP contribution < -0.4 is 5.32 Å². The Morgan fingerprint density at radius 1 is 1.27 bits per heavy atom. The lowest BCUT2D eigenvalue weighted by molar-refractivity contribution is -0.103. The van der Waals surface area contributed by atoms with Crippen LogP contribution in [0.2, 0.25) is 0 Å². The number of carbonyl (C=O) groups is 1. The first kappa shape index (κ1) is 23.3. The zero-order valence-electron chi connectivity index (χ0n) is 19.8. The lowest BCUT2D eigenvalue weighted by Gasteiger charge is -2.20. The first-order chi connectivity index (χ1) is 15.7. The summed E-state index contributed by atoms with van der Waals surface area (Å²) in [4.78, 5) is 17.1. The largest absolute Gasteiger partial charge is 0.443 e. The Hall–Kier alpha value is -2.90. The number of hydrogen-bond acceptors (Lipinski definition) is 6. The molecule has 7 heteroatoms. The fourth-order valence-electron chi connectivity index (χ4n) is 3.69. The Balaban J connectivity index is 1.57. The summed E-state index contributed by atoms with van der Waals surface area (Å²) in [5.74, 6) is 1.09. The van der Waals surface area contributed by atoms with Crippen LogP contribution in [0.3, 0.4) is 0 Å². The molecule has 0 radical (unpaired) electrons. The number of benzene rings is 1. The average Bonchev–Trinajstić information content (AvgIpc) is 3.52. The van der Waals surface area contributed by atoms with Gasteiger partial charge in [0, 0.05) is 23.5 Å². The van der Waals surface area contributed by atoms with E-state index in [2.05, 4.69) is 17.2 Å². The molecule has 3 aromatic rings. The van der Waals surface area contributed by atoms with Gasteiger partial charge in [-0.3, -0.25) is 4.57 Å². The number of aliphatic hydroxyl groups excluding tert-OH is 1. The van der Waals surface area contributed by atoms with Gasteiger partial charge in [0.15, 0.2) is 6.29 Å². The monoisotopic (exact) mass is 451 g/mol. The Kier molecular flexibility index (Phi) is 6.72. The van der Waals surface area contributed by atoms with Crippen molar-refractivity contribution < 1.29 is 19.4 Å². The Bertz CT molecular complexity index is 1130. The van der Waals surface area contributed by atoms with Gasteiger partial charge >= 0.3 is 6.09 Å². The second-order valence-electron chi connectivity index (χ2n) is 9.62. The Morgan fingerprint density at radius 3 is 2.76 bits per heavy atom. The number of rotatable bonds is 8. The molecule has 1 aliphatic carbocycles. The van der Waals surface area contributed by atoms with Gasteiger partial charge in [0.05, 0.1) is 17.7 Å². The maximum Gasteiger partial charge on any atom is 0.418 e. The van der Waals surface area contributed by atoms with E-state index >= 15 is 0 Å². The third kappa shape index (κ3) is 5.72. The molecular weight excluding hydrogens is 418 g/mol. The normalized spacial score (nSPS) is 14.9. The SMILES string of the molecule is CCCCOC(O)c1cc(C2CC2)cnc1Nc1ccc2c(ccn2C(=O)OC(C)(C)C)c1. The number of pyridine rings is 1. The zero-order chi connectivity index (χ0) is 23.6. The second kappa shape index (κ2) is 9.53. The van der Waals surface area contributed by atoms with Crippen molar-refractivity contribution in [2.24, 2.45) is 0 Å². The number of ether oxygens (including phenoxy) is 2. The number of carbonyl (C=O) groups excluding carboxylic acids is 1. The van der Waals surface area contributed by atoms with Crippen LogP contribution in [0, 0.1) is 0 Å². The van der Waals surface area contributed by atoms with E-state index in [4.69, 9.17) is 9.47 Å². The van der Waals surface area contributed by atoms with E-state index in [9.17, 15) is 9.90 Å². The first-order valence-corrected chi connectivity index (χ1v) is 11.7. The van der Waals surface area contributed by atoms with Crippen LogP contribution in [0.25, 0.3) is 10.9 Å². The minimum absolute atomic E-state index is 0.412. The van der Waals surface area contributed by atoms with Crippen LogP contribution >= 0.6 is 0 Å². The summed E-state index contributed by atoms with van der Waals surface area (Å²) in [6.45, 7) is 8.12. The molecule has 2 aromatic heterocycles. The quantitative estimate of drug-likeness (QED) is 0.311. The van der Waals surface area contributed by atoms with Gasteiger partial charge in [-0.1, -0.05) is 13.3 Å². The molecule has 2 heterocycles. The smallest absolute Gasteiger partial charge is 0.418 e. The molecule has 33 heavy (non-hydrogen) atoms. The van der Waals surface area contributed by atoms with E-state index < -0.39 is 18.0 Å². The van der Waals surface area contributed by atoms with Crippen molar-refractivity contribution in [2.75, 3.05) is 11.9 Å². The highest BCUT2D eigenvalue weighted by molar-refractivity contribution is 5.91.